The molecule has 1 N–H and O–H groups in total. The Hall–Kier alpha value is -2.63. The fourth-order valence-electron chi connectivity index (χ4n) is 3.36. The van der Waals surface area contributed by atoms with Crippen LogP contribution in [0.1, 0.15) is 17.2 Å². The first-order chi connectivity index (χ1) is 12.5. The van der Waals surface area contributed by atoms with Gasteiger partial charge in [0.05, 0.1) is 12.0 Å². The Morgan fingerprint density at radius 2 is 2.12 bits per heavy atom. The van der Waals surface area contributed by atoms with E-state index in [2.05, 4.69) is 16.1 Å². The van der Waals surface area contributed by atoms with E-state index < -0.39 is 18.0 Å². The maximum Gasteiger partial charge on any atom is 0.333 e. The van der Waals surface area contributed by atoms with Crippen molar-refractivity contribution >= 4 is 28.5 Å². The number of halogens is 1. The molecule has 132 valence electrons. The highest BCUT2D eigenvalue weighted by molar-refractivity contribution is 6.31. The second-order valence-corrected chi connectivity index (χ2v) is 6.84. The number of cyclic esters (lactones) is 1. The van der Waals surface area contributed by atoms with Gasteiger partial charge in [-0.15, -0.1) is 0 Å². The Morgan fingerprint density at radius 1 is 1.35 bits per heavy atom. The number of ether oxygens (including phenoxy) is 1. The second kappa shape index (κ2) is 6.59. The zero-order chi connectivity index (χ0) is 18.3. The van der Waals surface area contributed by atoms with E-state index in [1.54, 1.807) is 12.4 Å². The van der Waals surface area contributed by atoms with Crippen molar-refractivity contribution in [3.8, 4) is 0 Å². The molecule has 0 amide bonds. The summed E-state index contributed by atoms with van der Waals surface area (Å²) in [4.78, 5) is 15.7. The number of aromatic nitrogens is 2. The molecule has 2 unspecified atom stereocenters. The molecule has 2 aromatic heterocycles. The molecular weight excluding hydrogens is 352 g/mol. The summed E-state index contributed by atoms with van der Waals surface area (Å²) in [5.74, 6) is -0.908. The molecule has 3 aromatic rings. The molecule has 1 fully saturated rings. The van der Waals surface area contributed by atoms with E-state index in [0.717, 1.165) is 16.5 Å². The van der Waals surface area contributed by atoms with Gasteiger partial charge in [-0.1, -0.05) is 18.2 Å². The summed E-state index contributed by atoms with van der Waals surface area (Å²) in [6.45, 7) is 4.53. The highest BCUT2D eigenvalue weighted by Gasteiger charge is 2.36. The Labute approximate surface area is 155 Å². The maximum absolute atomic E-state index is 11.6. The number of carbonyl (C=O) groups is 1. The average molecular weight is 369 g/mol. The second-order valence-electron chi connectivity index (χ2n) is 6.40. The molecular formula is C20H17ClN2O3. The molecule has 0 radical (unpaired) electrons. The number of carbonyl (C=O) groups excluding carboxylic acids is 1. The van der Waals surface area contributed by atoms with Gasteiger partial charge >= 0.3 is 5.97 Å². The minimum atomic E-state index is -0.895. The third-order valence-electron chi connectivity index (χ3n) is 4.78. The number of aliphatic hydroxyl groups excluding tert-OH is 1. The number of hydrogen-bond acceptors (Lipinski definition) is 4. The van der Waals surface area contributed by atoms with Crippen molar-refractivity contribution in [3.63, 3.8) is 0 Å². The van der Waals surface area contributed by atoms with Crippen molar-refractivity contribution in [1.82, 2.24) is 9.55 Å². The molecule has 0 spiro atoms. The minimum absolute atomic E-state index is 0.135. The van der Waals surface area contributed by atoms with Crippen LogP contribution in [0.2, 0.25) is 5.02 Å². The first-order valence-corrected chi connectivity index (χ1v) is 8.63. The van der Waals surface area contributed by atoms with Gasteiger partial charge in [-0.3, -0.25) is 4.98 Å². The monoisotopic (exact) mass is 368 g/mol. The van der Waals surface area contributed by atoms with Crippen LogP contribution < -0.4 is 0 Å². The van der Waals surface area contributed by atoms with Crippen LogP contribution in [0, 0.1) is 5.92 Å². The van der Waals surface area contributed by atoms with E-state index in [1.807, 2.05) is 36.5 Å². The van der Waals surface area contributed by atoms with Gasteiger partial charge in [0.1, 0.15) is 6.61 Å². The molecule has 6 heteroatoms. The molecule has 0 aliphatic carbocycles. The third-order valence-corrected chi connectivity index (χ3v) is 5.01. The summed E-state index contributed by atoms with van der Waals surface area (Å²) >= 11 is 6.18. The molecule has 5 nitrogen and oxygen atoms in total. The number of nitrogens with zero attached hydrogens (tertiary/aromatic N) is 2. The van der Waals surface area contributed by atoms with E-state index >= 15 is 0 Å². The van der Waals surface area contributed by atoms with E-state index in [9.17, 15) is 9.90 Å². The van der Waals surface area contributed by atoms with Crippen molar-refractivity contribution in [1.29, 1.82) is 0 Å². The van der Waals surface area contributed by atoms with Crippen molar-refractivity contribution < 1.29 is 14.6 Å². The lowest BCUT2D eigenvalue weighted by Gasteiger charge is -2.15. The number of rotatable bonds is 4. The lowest BCUT2D eigenvalue weighted by Crippen LogP contribution is -2.14. The number of esters is 1. The van der Waals surface area contributed by atoms with Gasteiger partial charge in [-0.25, -0.2) is 4.79 Å². The molecule has 4 rings (SSSR count). The number of pyridine rings is 1. The first kappa shape index (κ1) is 16.8. The minimum Gasteiger partial charge on any atom is -0.462 e. The average Bonchev–Trinajstić information content (AvgIpc) is 3.16. The van der Waals surface area contributed by atoms with Crippen molar-refractivity contribution in [2.45, 2.75) is 12.6 Å². The van der Waals surface area contributed by atoms with Gasteiger partial charge in [-0.2, -0.15) is 0 Å². The van der Waals surface area contributed by atoms with Crippen molar-refractivity contribution in [2.75, 3.05) is 6.61 Å². The van der Waals surface area contributed by atoms with E-state index in [1.165, 1.54) is 0 Å². The third kappa shape index (κ3) is 2.89. The first-order valence-electron chi connectivity index (χ1n) is 8.26. The quantitative estimate of drug-likeness (QED) is 0.565. The van der Waals surface area contributed by atoms with E-state index in [4.69, 9.17) is 16.3 Å². The van der Waals surface area contributed by atoms with Gasteiger partial charge in [0.2, 0.25) is 0 Å². The van der Waals surface area contributed by atoms with Crippen molar-refractivity contribution in [2.24, 2.45) is 5.92 Å². The van der Waals surface area contributed by atoms with Crippen LogP contribution in [0.4, 0.5) is 0 Å². The molecule has 3 heterocycles. The highest BCUT2D eigenvalue weighted by atomic mass is 35.5. The smallest absolute Gasteiger partial charge is 0.333 e. The Morgan fingerprint density at radius 3 is 2.81 bits per heavy atom. The van der Waals surface area contributed by atoms with Crippen LogP contribution in [-0.4, -0.2) is 27.2 Å². The molecule has 1 aromatic carbocycles. The molecule has 1 aliphatic heterocycles. The molecule has 26 heavy (non-hydrogen) atoms. The Bertz CT molecular complexity index is 997. The standard InChI is InChI=1S/C20H17ClN2O3/c1-12-17(11-26-20(12)25)19(24)16-10-23(9-13-4-6-22-7-5-13)18-3-2-14(21)8-15(16)18/h2-8,10,17,19,24H,1,9,11H2. The van der Waals surface area contributed by atoms with Crippen molar-refractivity contribution in [3.05, 3.63) is 77.2 Å². The lowest BCUT2D eigenvalue weighted by atomic mass is 9.92. The Balaban J connectivity index is 1.78. The molecule has 2 atom stereocenters. The fourth-order valence-corrected chi connectivity index (χ4v) is 3.53. The predicted octanol–water partition coefficient (Wildman–Crippen LogP) is 3.50. The SMILES string of the molecule is C=C1C(=O)OCC1C(O)c1cn(Cc2ccncc2)c2ccc(Cl)cc12. The van der Waals surface area contributed by atoms with Crippen LogP contribution in [0.15, 0.2) is 61.1 Å². The lowest BCUT2D eigenvalue weighted by molar-refractivity contribution is -0.135. The van der Waals surface area contributed by atoms with Gasteiger partial charge in [0, 0.05) is 52.2 Å². The summed E-state index contributed by atoms with van der Waals surface area (Å²) in [6.07, 6.45) is 4.51. The number of benzene rings is 1. The number of hydrogen-bond donors (Lipinski definition) is 1. The fraction of sp³-hybridized carbons (Fsp3) is 0.200. The summed E-state index contributed by atoms with van der Waals surface area (Å²) in [6, 6.07) is 9.48. The number of aliphatic hydroxyl groups is 1. The summed E-state index contributed by atoms with van der Waals surface area (Å²) in [5, 5.41) is 12.4. The molecule has 0 saturated carbocycles. The number of fused-ring (bicyclic) bond motifs is 1. The Kier molecular flexibility index (Phi) is 4.26. The summed E-state index contributed by atoms with van der Waals surface area (Å²) in [5.41, 5.74) is 3.06. The molecule has 1 saturated heterocycles. The van der Waals surface area contributed by atoms with Crippen LogP contribution in [-0.2, 0) is 16.1 Å². The van der Waals surface area contributed by atoms with Crippen LogP contribution in [0.5, 0.6) is 0 Å². The van der Waals surface area contributed by atoms with Gasteiger partial charge in [0.25, 0.3) is 0 Å². The van der Waals surface area contributed by atoms with Gasteiger partial charge in [0.15, 0.2) is 0 Å². The largest absolute Gasteiger partial charge is 0.462 e. The summed E-state index contributed by atoms with van der Waals surface area (Å²) in [7, 11) is 0. The normalized spacial score (nSPS) is 18.3. The van der Waals surface area contributed by atoms with Crippen LogP contribution in [0.3, 0.4) is 0 Å². The van der Waals surface area contributed by atoms with Crippen LogP contribution in [0.25, 0.3) is 10.9 Å². The maximum atomic E-state index is 11.6. The van der Waals surface area contributed by atoms with E-state index in [-0.39, 0.29) is 6.61 Å². The zero-order valence-electron chi connectivity index (χ0n) is 13.9. The summed E-state index contributed by atoms with van der Waals surface area (Å²) < 4.78 is 7.08. The zero-order valence-corrected chi connectivity index (χ0v) is 14.7. The van der Waals surface area contributed by atoms with Gasteiger partial charge < -0.3 is 14.4 Å². The molecule has 1 aliphatic rings. The van der Waals surface area contributed by atoms with Gasteiger partial charge in [-0.05, 0) is 35.9 Å². The van der Waals surface area contributed by atoms with Crippen LogP contribution >= 0.6 is 11.6 Å². The highest BCUT2D eigenvalue weighted by Crippen LogP contribution is 2.37. The van der Waals surface area contributed by atoms with E-state index in [0.29, 0.717) is 22.7 Å². The predicted molar refractivity (Wildman–Crippen MR) is 98.8 cm³/mol. The topological polar surface area (TPSA) is 64.3 Å². The molecule has 0 bridgehead atoms.